The Morgan fingerprint density at radius 1 is 0.912 bits per heavy atom. The van der Waals surface area contributed by atoms with E-state index in [-0.39, 0.29) is 19.3 Å². The van der Waals surface area contributed by atoms with Crippen molar-refractivity contribution >= 4 is 41.4 Å². The van der Waals surface area contributed by atoms with Gasteiger partial charge in [-0.2, -0.15) is 11.8 Å². The van der Waals surface area contributed by atoms with Gasteiger partial charge in [-0.25, -0.2) is 4.79 Å². The normalized spacial score (nSPS) is 14.2. The lowest BCUT2D eigenvalue weighted by molar-refractivity contribution is -0.142. The summed E-state index contributed by atoms with van der Waals surface area (Å²) >= 11 is 1.43. The van der Waals surface area contributed by atoms with Crippen LogP contribution in [0.25, 0.3) is 0 Å². The standard InChI is InChI=1S/C22H32N4O7S/c1-13(19(29)26-17(22(32)33)10-11-34-2)24-21(31)16(8-9-18(27)28)25-20(30)15(23)12-14-6-4-3-5-7-14/h3-7,13,15-17H,8-12,23H2,1-2H3,(H,24,31)(H,25,30)(H,26,29)(H,27,28)(H,32,33). The summed E-state index contributed by atoms with van der Waals surface area (Å²) < 4.78 is 0. The Morgan fingerprint density at radius 2 is 1.53 bits per heavy atom. The van der Waals surface area contributed by atoms with Gasteiger partial charge in [-0.1, -0.05) is 30.3 Å². The van der Waals surface area contributed by atoms with Gasteiger partial charge >= 0.3 is 11.9 Å². The molecule has 1 aromatic rings. The lowest BCUT2D eigenvalue weighted by Crippen LogP contribution is -2.56. The SMILES string of the molecule is CSCCC(NC(=O)C(C)NC(=O)C(CCC(=O)O)NC(=O)C(N)Cc1ccccc1)C(=O)O. The number of carbonyl (C=O) groups excluding carboxylic acids is 3. The second-order valence-corrected chi connectivity index (χ2v) is 8.69. The van der Waals surface area contributed by atoms with Crippen molar-refractivity contribution in [1.82, 2.24) is 16.0 Å². The van der Waals surface area contributed by atoms with Crippen LogP contribution in [-0.2, 0) is 30.4 Å². The molecule has 0 heterocycles. The molecule has 11 nitrogen and oxygen atoms in total. The molecule has 0 aliphatic carbocycles. The first-order valence-electron chi connectivity index (χ1n) is 10.7. The van der Waals surface area contributed by atoms with Crippen molar-refractivity contribution in [3.8, 4) is 0 Å². The number of rotatable bonds is 15. The Hall–Kier alpha value is -3.12. The second kappa shape index (κ2) is 14.9. The first-order valence-corrected chi connectivity index (χ1v) is 12.1. The number of hydrogen-bond donors (Lipinski definition) is 6. The third kappa shape index (κ3) is 10.7. The van der Waals surface area contributed by atoms with Gasteiger partial charge in [0.1, 0.15) is 18.1 Å². The monoisotopic (exact) mass is 496 g/mol. The van der Waals surface area contributed by atoms with E-state index in [0.717, 1.165) is 5.56 Å². The van der Waals surface area contributed by atoms with Crippen LogP contribution in [0.5, 0.6) is 0 Å². The third-order valence-corrected chi connectivity index (χ3v) is 5.54. The van der Waals surface area contributed by atoms with Gasteiger partial charge in [-0.3, -0.25) is 19.2 Å². The molecule has 0 aliphatic rings. The molecule has 34 heavy (non-hydrogen) atoms. The molecule has 0 radical (unpaired) electrons. The van der Waals surface area contributed by atoms with E-state index >= 15 is 0 Å². The smallest absolute Gasteiger partial charge is 0.326 e. The Balaban J connectivity index is 2.78. The van der Waals surface area contributed by atoms with Crippen molar-refractivity contribution in [1.29, 1.82) is 0 Å². The quantitative estimate of drug-likeness (QED) is 0.190. The number of carbonyl (C=O) groups is 5. The molecule has 0 spiro atoms. The average molecular weight is 497 g/mol. The first-order chi connectivity index (χ1) is 16.0. The first kappa shape index (κ1) is 28.9. The molecule has 1 rings (SSSR count). The van der Waals surface area contributed by atoms with Gasteiger partial charge in [0.15, 0.2) is 0 Å². The summed E-state index contributed by atoms with van der Waals surface area (Å²) in [4.78, 5) is 60.0. The summed E-state index contributed by atoms with van der Waals surface area (Å²) in [5, 5.41) is 25.5. The molecule has 0 saturated heterocycles. The minimum Gasteiger partial charge on any atom is -0.481 e. The lowest BCUT2D eigenvalue weighted by Gasteiger charge is -2.23. The number of thioether (sulfide) groups is 1. The highest BCUT2D eigenvalue weighted by atomic mass is 32.2. The van der Waals surface area contributed by atoms with Crippen LogP contribution in [0.1, 0.15) is 31.7 Å². The highest BCUT2D eigenvalue weighted by Gasteiger charge is 2.28. The summed E-state index contributed by atoms with van der Waals surface area (Å²) in [6.07, 6.45) is 1.61. The van der Waals surface area contributed by atoms with E-state index in [0.29, 0.717) is 5.75 Å². The third-order valence-electron chi connectivity index (χ3n) is 4.89. The van der Waals surface area contributed by atoms with E-state index < -0.39 is 60.2 Å². The van der Waals surface area contributed by atoms with E-state index in [1.165, 1.54) is 18.7 Å². The maximum atomic E-state index is 12.7. The molecule has 4 atom stereocenters. The minimum atomic E-state index is -1.24. The van der Waals surface area contributed by atoms with Crippen molar-refractivity contribution < 1.29 is 34.2 Å². The highest BCUT2D eigenvalue weighted by Crippen LogP contribution is 2.05. The predicted molar refractivity (Wildman–Crippen MR) is 127 cm³/mol. The van der Waals surface area contributed by atoms with Gasteiger partial charge < -0.3 is 31.9 Å². The van der Waals surface area contributed by atoms with Crippen molar-refractivity contribution in [2.24, 2.45) is 5.73 Å². The van der Waals surface area contributed by atoms with Gasteiger partial charge in [0, 0.05) is 6.42 Å². The van der Waals surface area contributed by atoms with E-state index in [4.69, 9.17) is 10.8 Å². The zero-order valence-corrected chi connectivity index (χ0v) is 20.0. The summed E-state index contributed by atoms with van der Waals surface area (Å²) in [5.74, 6) is -3.98. The number of nitrogens with one attached hydrogen (secondary N) is 3. The van der Waals surface area contributed by atoms with Crippen LogP contribution in [0.2, 0.25) is 0 Å². The molecule has 12 heteroatoms. The van der Waals surface area contributed by atoms with Crippen LogP contribution in [0.15, 0.2) is 30.3 Å². The van der Waals surface area contributed by atoms with Crippen LogP contribution in [0, 0.1) is 0 Å². The fourth-order valence-corrected chi connectivity index (χ4v) is 3.42. The molecule has 3 amide bonds. The van der Waals surface area contributed by atoms with Crippen molar-refractivity contribution in [3.63, 3.8) is 0 Å². The summed E-state index contributed by atoms with van der Waals surface area (Å²) in [6.45, 7) is 1.36. The maximum absolute atomic E-state index is 12.7. The zero-order chi connectivity index (χ0) is 25.7. The topological polar surface area (TPSA) is 188 Å². The molecule has 1 aromatic carbocycles. The van der Waals surface area contributed by atoms with Crippen molar-refractivity contribution in [2.75, 3.05) is 12.0 Å². The van der Waals surface area contributed by atoms with Gasteiger partial charge in [-0.05, 0) is 43.8 Å². The van der Waals surface area contributed by atoms with Crippen LogP contribution in [0.4, 0.5) is 0 Å². The van der Waals surface area contributed by atoms with Crippen molar-refractivity contribution in [2.45, 2.75) is 56.8 Å². The summed E-state index contributed by atoms with van der Waals surface area (Å²) in [7, 11) is 0. The van der Waals surface area contributed by atoms with E-state index in [1.54, 1.807) is 30.5 Å². The Bertz CT molecular complexity index is 853. The number of carboxylic acid groups (broad SMARTS) is 2. The number of aliphatic carboxylic acids is 2. The molecule has 0 saturated carbocycles. The summed E-state index contributed by atoms with van der Waals surface area (Å²) in [6, 6.07) is 4.56. The zero-order valence-electron chi connectivity index (χ0n) is 19.2. The number of nitrogens with two attached hydrogens (primary N) is 1. The average Bonchev–Trinajstić information content (AvgIpc) is 2.79. The largest absolute Gasteiger partial charge is 0.481 e. The Morgan fingerprint density at radius 3 is 2.09 bits per heavy atom. The molecule has 188 valence electrons. The molecule has 0 aliphatic heterocycles. The number of benzene rings is 1. The van der Waals surface area contributed by atoms with Gasteiger partial charge in [-0.15, -0.1) is 0 Å². The van der Waals surface area contributed by atoms with Crippen molar-refractivity contribution in [3.05, 3.63) is 35.9 Å². The molecular formula is C22H32N4O7S. The Kier molecular flexibility index (Phi) is 12.7. The van der Waals surface area contributed by atoms with E-state index in [1.807, 2.05) is 6.07 Å². The highest BCUT2D eigenvalue weighted by molar-refractivity contribution is 7.98. The van der Waals surface area contributed by atoms with Gasteiger partial charge in [0.2, 0.25) is 17.7 Å². The van der Waals surface area contributed by atoms with E-state index in [9.17, 15) is 29.1 Å². The van der Waals surface area contributed by atoms with E-state index in [2.05, 4.69) is 16.0 Å². The fraction of sp³-hybridized carbons (Fsp3) is 0.500. The summed E-state index contributed by atoms with van der Waals surface area (Å²) in [5.41, 5.74) is 6.76. The molecule has 4 unspecified atom stereocenters. The molecular weight excluding hydrogens is 464 g/mol. The predicted octanol–water partition coefficient (Wildman–Crippen LogP) is -0.267. The molecule has 0 fully saturated rings. The number of hydrogen-bond acceptors (Lipinski definition) is 7. The fourth-order valence-electron chi connectivity index (χ4n) is 2.95. The molecule has 7 N–H and O–H groups in total. The van der Waals surface area contributed by atoms with Crippen LogP contribution in [0.3, 0.4) is 0 Å². The van der Waals surface area contributed by atoms with Crippen LogP contribution >= 0.6 is 11.8 Å². The van der Waals surface area contributed by atoms with Crippen LogP contribution in [-0.4, -0.2) is 76.0 Å². The number of amides is 3. The Labute approximate surface area is 202 Å². The lowest BCUT2D eigenvalue weighted by atomic mass is 10.0. The molecule has 0 aromatic heterocycles. The number of carboxylic acids is 2. The second-order valence-electron chi connectivity index (χ2n) is 7.70. The van der Waals surface area contributed by atoms with Crippen LogP contribution < -0.4 is 21.7 Å². The van der Waals surface area contributed by atoms with Gasteiger partial charge in [0.05, 0.1) is 6.04 Å². The molecule has 0 bridgehead atoms. The van der Waals surface area contributed by atoms with Gasteiger partial charge in [0.25, 0.3) is 0 Å². The maximum Gasteiger partial charge on any atom is 0.326 e. The minimum absolute atomic E-state index is 0.208.